The van der Waals surface area contributed by atoms with E-state index < -0.39 is 0 Å². The molecule has 6 nitrogen and oxygen atoms in total. The number of aromatic nitrogens is 2. The summed E-state index contributed by atoms with van der Waals surface area (Å²) in [7, 11) is 3.68. The van der Waals surface area contributed by atoms with Crippen LogP contribution in [0.25, 0.3) is 0 Å². The maximum absolute atomic E-state index is 6.35. The van der Waals surface area contributed by atoms with Crippen molar-refractivity contribution >= 4 is 5.69 Å². The summed E-state index contributed by atoms with van der Waals surface area (Å²) in [5, 5.41) is 4.29. The third-order valence-electron chi connectivity index (χ3n) is 5.47. The summed E-state index contributed by atoms with van der Waals surface area (Å²) >= 11 is 0. The predicted molar refractivity (Wildman–Crippen MR) is 102 cm³/mol. The van der Waals surface area contributed by atoms with Gasteiger partial charge in [-0.3, -0.25) is 9.58 Å². The van der Waals surface area contributed by atoms with Crippen LogP contribution in [0.4, 0.5) is 5.69 Å². The number of methoxy groups -OCH3 is 1. The molecule has 1 aromatic carbocycles. The van der Waals surface area contributed by atoms with Crippen LogP contribution in [0.15, 0.2) is 36.7 Å². The van der Waals surface area contributed by atoms with Crippen molar-refractivity contribution in [1.82, 2.24) is 14.7 Å². The first kappa shape index (κ1) is 17.4. The van der Waals surface area contributed by atoms with E-state index in [1.165, 1.54) is 11.3 Å². The first-order valence-electron chi connectivity index (χ1n) is 9.39. The number of anilines is 1. The van der Waals surface area contributed by atoms with Crippen LogP contribution in [0.3, 0.4) is 0 Å². The van der Waals surface area contributed by atoms with Crippen LogP contribution < -0.4 is 9.64 Å². The first-order valence-corrected chi connectivity index (χ1v) is 9.39. The van der Waals surface area contributed by atoms with E-state index in [1.807, 2.05) is 30.1 Å². The number of ether oxygens (including phenoxy) is 2. The van der Waals surface area contributed by atoms with Crippen molar-refractivity contribution < 1.29 is 9.47 Å². The second kappa shape index (κ2) is 7.29. The number of nitrogens with zero attached hydrogens (tertiary/aromatic N) is 4. The summed E-state index contributed by atoms with van der Waals surface area (Å²) in [6, 6.07) is 8.36. The Bertz CT molecular complexity index is 726. The van der Waals surface area contributed by atoms with Gasteiger partial charge >= 0.3 is 0 Å². The lowest BCUT2D eigenvalue weighted by Crippen LogP contribution is -2.59. The molecule has 1 spiro atoms. The second-order valence-electron chi connectivity index (χ2n) is 7.49. The highest BCUT2D eigenvalue weighted by atomic mass is 16.5. The molecule has 0 radical (unpaired) electrons. The molecule has 2 aromatic rings. The highest BCUT2D eigenvalue weighted by Gasteiger charge is 2.40. The topological polar surface area (TPSA) is 42.8 Å². The summed E-state index contributed by atoms with van der Waals surface area (Å²) in [6.07, 6.45) is 6.36. The fraction of sp³-hybridized carbons (Fsp3) is 0.550. The largest absolute Gasteiger partial charge is 0.497 e. The Morgan fingerprint density at radius 2 is 2.04 bits per heavy atom. The van der Waals surface area contributed by atoms with E-state index in [9.17, 15) is 0 Å². The third kappa shape index (κ3) is 3.71. The Balaban J connectivity index is 1.44. The van der Waals surface area contributed by atoms with Gasteiger partial charge in [-0.1, -0.05) is 0 Å². The van der Waals surface area contributed by atoms with Crippen LogP contribution in [0.1, 0.15) is 18.4 Å². The maximum atomic E-state index is 6.35. The quantitative estimate of drug-likeness (QED) is 0.841. The number of benzene rings is 1. The van der Waals surface area contributed by atoms with Gasteiger partial charge in [-0.05, 0) is 37.1 Å². The second-order valence-corrected chi connectivity index (χ2v) is 7.49. The molecule has 0 saturated carbocycles. The third-order valence-corrected chi connectivity index (χ3v) is 5.47. The van der Waals surface area contributed by atoms with Gasteiger partial charge in [0.15, 0.2) is 0 Å². The van der Waals surface area contributed by atoms with Crippen molar-refractivity contribution in [2.75, 3.05) is 44.8 Å². The number of rotatable bonds is 4. The minimum atomic E-state index is -0.0708. The van der Waals surface area contributed by atoms with Gasteiger partial charge in [0.1, 0.15) is 5.75 Å². The molecule has 2 aliphatic rings. The predicted octanol–water partition coefficient (Wildman–Crippen LogP) is 2.30. The van der Waals surface area contributed by atoms with E-state index >= 15 is 0 Å². The van der Waals surface area contributed by atoms with Gasteiger partial charge in [0.25, 0.3) is 0 Å². The van der Waals surface area contributed by atoms with Gasteiger partial charge in [0.05, 0.1) is 25.5 Å². The van der Waals surface area contributed by atoms with Crippen molar-refractivity contribution in [2.45, 2.75) is 25.0 Å². The minimum Gasteiger partial charge on any atom is -0.497 e. The average molecular weight is 356 g/mol. The Hall–Kier alpha value is -2.05. The van der Waals surface area contributed by atoms with Crippen molar-refractivity contribution in [3.8, 4) is 5.75 Å². The standard InChI is InChI=1S/C20H28N4O2/c1-22-13-17(12-21-22)14-23-10-11-26-20(15-23)8-3-9-24(16-20)18-4-6-19(25-2)7-5-18/h4-7,12-13H,3,8-11,14-16H2,1-2H3/t20-/m0/s1. The van der Waals surface area contributed by atoms with Crippen LogP contribution in [-0.2, 0) is 18.3 Å². The van der Waals surface area contributed by atoms with Crippen molar-refractivity contribution in [3.05, 3.63) is 42.2 Å². The van der Waals surface area contributed by atoms with Crippen LogP contribution >= 0.6 is 0 Å². The van der Waals surface area contributed by atoms with Gasteiger partial charge in [-0.2, -0.15) is 5.10 Å². The number of morpholine rings is 1. The van der Waals surface area contributed by atoms with Gasteiger partial charge < -0.3 is 14.4 Å². The maximum Gasteiger partial charge on any atom is 0.119 e. The van der Waals surface area contributed by atoms with Crippen LogP contribution in [0, 0.1) is 0 Å². The molecule has 0 aliphatic carbocycles. The zero-order chi connectivity index (χ0) is 18.0. The minimum absolute atomic E-state index is 0.0708. The molecular formula is C20H28N4O2. The molecule has 3 heterocycles. The van der Waals surface area contributed by atoms with Crippen molar-refractivity contribution in [3.63, 3.8) is 0 Å². The van der Waals surface area contributed by atoms with Gasteiger partial charge in [-0.15, -0.1) is 0 Å². The SMILES string of the molecule is COc1ccc(N2CCC[C@]3(CN(Cc4cnn(C)c4)CCO3)C2)cc1. The smallest absolute Gasteiger partial charge is 0.119 e. The van der Waals surface area contributed by atoms with E-state index in [-0.39, 0.29) is 5.60 Å². The Morgan fingerprint density at radius 1 is 1.19 bits per heavy atom. The lowest BCUT2D eigenvalue weighted by molar-refractivity contribution is -0.116. The van der Waals surface area contributed by atoms with Crippen LogP contribution in [0.5, 0.6) is 5.75 Å². The van der Waals surface area contributed by atoms with Crippen molar-refractivity contribution in [2.24, 2.45) is 7.05 Å². The van der Waals surface area contributed by atoms with Gasteiger partial charge in [0.2, 0.25) is 0 Å². The molecular weight excluding hydrogens is 328 g/mol. The highest BCUT2D eigenvalue weighted by Crippen LogP contribution is 2.32. The molecule has 1 aromatic heterocycles. The molecule has 0 N–H and O–H groups in total. The lowest BCUT2D eigenvalue weighted by atomic mass is 9.90. The zero-order valence-corrected chi connectivity index (χ0v) is 15.7. The molecule has 6 heteroatoms. The monoisotopic (exact) mass is 356 g/mol. The number of aryl methyl sites for hydroxylation is 1. The van der Waals surface area contributed by atoms with Crippen LogP contribution in [-0.4, -0.2) is 60.2 Å². The summed E-state index contributed by atoms with van der Waals surface area (Å²) in [6.45, 7) is 5.74. The zero-order valence-electron chi connectivity index (χ0n) is 15.7. The normalized spacial score (nSPS) is 24.2. The lowest BCUT2D eigenvalue weighted by Gasteiger charge is -2.48. The Labute approximate surface area is 155 Å². The first-order chi connectivity index (χ1) is 12.7. The Morgan fingerprint density at radius 3 is 2.77 bits per heavy atom. The molecule has 2 fully saturated rings. The summed E-state index contributed by atoms with van der Waals surface area (Å²) in [5.41, 5.74) is 2.45. The summed E-state index contributed by atoms with van der Waals surface area (Å²) < 4.78 is 13.5. The number of piperidine rings is 1. The van der Waals surface area contributed by atoms with Crippen LogP contribution in [0.2, 0.25) is 0 Å². The molecule has 0 unspecified atom stereocenters. The fourth-order valence-corrected chi connectivity index (χ4v) is 4.23. The number of hydrogen-bond acceptors (Lipinski definition) is 5. The van der Waals surface area contributed by atoms with E-state index in [1.54, 1.807) is 7.11 Å². The molecule has 140 valence electrons. The molecule has 2 saturated heterocycles. The molecule has 26 heavy (non-hydrogen) atoms. The fourth-order valence-electron chi connectivity index (χ4n) is 4.23. The number of hydrogen-bond donors (Lipinski definition) is 0. The Kier molecular flexibility index (Phi) is 4.87. The molecule has 0 bridgehead atoms. The average Bonchev–Trinajstić information content (AvgIpc) is 3.06. The van der Waals surface area contributed by atoms with E-state index in [2.05, 4.69) is 33.2 Å². The van der Waals surface area contributed by atoms with Gasteiger partial charge in [-0.25, -0.2) is 0 Å². The van der Waals surface area contributed by atoms with E-state index in [4.69, 9.17) is 9.47 Å². The van der Waals surface area contributed by atoms with Crippen molar-refractivity contribution in [1.29, 1.82) is 0 Å². The highest BCUT2D eigenvalue weighted by molar-refractivity contribution is 5.50. The molecule has 2 aliphatic heterocycles. The molecule has 4 rings (SSSR count). The summed E-state index contributed by atoms with van der Waals surface area (Å²) in [4.78, 5) is 4.97. The van der Waals surface area contributed by atoms with E-state index in [0.717, 1.165) is 57.9 Å². The molecule has 1 atom stereocenters. The van der Waals surface area contributed by atoms with Gasteiger partial charge in [0, 0.05) is 57.2 Å². The van der Waals surface area contributed by atoms with E-state index in [0.29, 0.717) is 0 Å². The molecule has 0 amide bonds. The summed E-state index contributed by atoms with van der Waals surface area (Å²) in [5.74, 6) is 0.900.